The zero-order valence-electron chi connectivity index (χ0n) is 10.2. The Morgan fingerprint density at radius 2 is 2.12 bits per heavy atom. The van der Waals surface area contributed by atoms with Crippen molar-refractivity contribution in [3.05, 3.63) is 28.2 Å². The van der Waals surface area contributed by atoms with Gasteiger partial charge in [0, 0.05) is 12.6 Å². The normalized spacial score (nSPS) is 18.3. The number of hydrogen-bond acceptors (Lipinski definition) is 3. The van der Waals surface area contributed by atoms with Gasteiger partial charge in [-0.1, -0.05) is 6.07 Å². The molecule has 1 fully saturated rings. The second kappa shape index (κ2) is 5.85. The van der Waals surface area contributed by atoms with E-state index in [1.807, 2.05) is 12.1 Å². The van der Waals surface area contributed by atoms with E-state index in [0.717, 1.165) is 22.3 Å². The van der Waals surface area contributed by atoms with Crippen molar-refractivity contribution in [1.82, 2.24) is 4.90 Å². The quantitative estimate of drug-likeness (QED) is 0.928. The third-order valence-corrected chi connectivity index (χ3v) is 3.88. The number of hydrogen-bond donors (Lipinski definition) is 1. The van der Waals surface area contributed by atoms with Crippen molar-refractivity contribution >= 4 is 15.9 Å². The molecule has 1 heterocycles. The summed E-state index contributed by atoms with van der Waals surface area (Å²) in [6.45, 7) is 3.31. The van der Waals surface area contributed by atoms with E-state index in [9.17, 15) is 0 Å². The molecule has 4 heteroatoms. The maximum atomic E-state index is 6.23. The van der Waals surface area contributed by atoms with Crippen molar-refractivity contribution < 1.29 is 4.74 Å². The second-order valence-electron chi connectivity index (χ2n) is 4.51. The average Bonchev–Trinajstić information content (AvgIpc) is 2.81. The Hall–Kier alpha value is -0.580. The Kier molecular flexibility index (Phi) is 4.42. The lowest BCUT2D eigenvalue weighted by molar-refractivity contribution is 0.316. The van der Waals surface area contributed by atoms with Crippen molar-refractivity contribution in [2.75, 3.05) is 26.7 Å². The van der Waals surface area contributed by atoms with Crippen molar-refractivity contribution in [3.8, 4) is 5.75 Å². The molecule has 0 amide bonds. The maximum Gasteiger partial charge on any atom is 0.133 e. The fraction of sp³-hybridized carbons (Fsp3) is 0.538. The highest BCUT2D eigenvalue weighted by molar-refractivity contribution is 9.10. The van der Waals surface area contributed by atoms with Crippen LogP contribution in [0.3, 0.4) is 0 Å². The number of halogens is 1. The van der Waals surface area contributed by atoms with E-state index in [2.05, 4.69) is 26.9 Å². The van der Waals surface area contributed by atoms with Crippen LogP contribution in [0.25, 0.3) is 0 Å². The van der Waals surface area contributed by atoms with Gasteiger partial charge < -0.3 is 15.4 Å². The summed E-state index contributed by atoms with van der Waals surface area (Å²) >= 11 is 3.49. The minimum Gasteiger partial charge on any atom is -0.496 e. The molecule has 0 aliphatic carbocycles. The number of likely N-dealkylation sites (tertiary alicyclic amines) is 1. The van der Waals surface area contributed by atoms with E-state index >= 15 is 0 Å². The molecule has 1 saturated heterocycles. The first kappa shape index (κ1) is 12.9. The molecule has 0 saturated carbocycles. The van der Waals surface area contributed by atoms with Gasteiger partial charge in [-0.25, -0.2) is 0 Å². The van der Waals surface area contributed by atoms with Crippen LogP contribution in [0.4, 0.5) is 0 Å². The summed E-state index contributed by atoms with van der Waals surface area (Å²) in [5.41, 5.74) is 7.39. The van der Waals surface area contributed by atoms with Crippen LogP contribution in [0.2, 0.25) is 0 Å². The first-order valence-corrected chi connectivity index (χ1v) is 6.81. The number of ether oxygens (including phenoxy) is 1. The number of benzene rings is 1. The summed E-state index contributed by atoms with van der Waals surface area (Å²) in [5.74, 6) is 0.849. The fourth-order valence-electron chi connectivity index (χ4n) is 2.26. The Bertz CT molecular complexity index is 378. The van der Waals surface area contributed by atoms with Gasteiger partial charge in [0.2, 0.25) is 0 Å². The van der Waals surface area contributed by atoms with E-state index in [0.29, 0.717) is 0 Å². The maximum absolute atomic E-state index is 6.23. The van der Waals surface area contributed by atoms with E-state index in [4.69, 9.17) is 10.5 Å². The fourth-order valence-corrected chi connectivity index (χ4v) is 2.82. The van der Waals surface area contributed by atoms with Crippen LogP contribution in [0.15, 0.2) is 22.7 Å². The van der Waals surface area contributed by atoms with Gasteiger partial charge in [0.15, 0.2) is 0 Å². The summed E-state index contributed by atoms with van der Waals surface area (Å²) in [5, 5.41) is 0. The Morgan fingerprint density at radius 1 is 1.41 bits per heavy atom. The average molecular weight is 299 g/mol. The van der Waals surface area contributed by atoms with Gasteiger partial charge in [-0.05, 0) is 59.6 Å². The zero-order chi connectivity index (χ0) is 12.3. The van der Waals surface area contributed by atoms with Gasteiger partial charge in [-0.2, -0.15) is 0 Å². The Morgan fingerprint density at radius 3 is 2.71 bits per heavy atom. The van der Waals surface area contributed by atoms with E-state index in [-0.39, 0.29) is 6.04 Å². The number of nitrogens with zero attached hydrogens (tertiary/aromatic N) is 1. The van der Waals surface area contributed by atoms with Crippen molar-refractivity contribution in [2.45, 2.75) is 18.9 Å². The van der Waals surface area contributed by atoms with Crippen LogP contribution in [-0.4, -0.2) is 31.6 Å². The van der Waals surface area contributed by atoms with Crippen LogP contribution in [-0.2, 0) is 0 Å². The van der Waals surface area contributed by atoms with Crippen LogP contribution < -0.4 is 10.5 Å². The number of nitrogens with two attached hydrogens (primary N) is 1. The van der Waals surface area contributed by atoms with Crippen molar-refractivity contribution in [1.29, 1.82) is 0 Å². The molecule has 1 aromatic carbocycles. The lowest BCUT2D eigenvalue weighted by atomic mass is 10.1. The smallest absolute Gasteiger partial charge is 0.133 e. The monoisotopic (exact) mass is 298 g/mol. The van der Waals surface area contributed by atoms with Gasteiger partial charge in [0.25, 0.3) is 0 Å². The highest BCUT2D eigenvalue weighted by Crippen LogP contribution is 2.28. The van der Waals surface area contributed by atoms with Crippen LogP contribution in [0.1, 0.15) is 24.4 Å². The molecule has 94 valence electrons. The van der Waals surface area contributed by atoms with Crippen molar-refractivity contribution in [2.24, 2.45) is 5.73 Å². The summed E-state index contributed by atoms with van der Waals surface area (Å²) in [4.78, 5) is 2.43. The van der Waals surface area contributed by atoms with Gasteiger partial charge in [0.05, 0.1) is 11.6 Å². The molecule has 0 aromatic heterocycles. The highest BCUT2D eigenvalue weighted by Gasteiger charge is 2.16. The molecule has 1 unspecified atom stereocenters. The van der Waals surface area contributed by atoms with Gasteiger partial charge in [-0.3, -0.25) is 0 Å². The summed E-state index contributed by atoms with van der Waals surface area (Å²) in [7, 11) is 1.67. The molecule has 17 heavy (non-hydrogen) atoms. The SMILES string of the molecule is COc1ccc(C(N)CN2CCCC2)cc1Br. The first-order valence-electron chi connectivity index (χ1n) is 6.02. The molecule has 1 aliphatic heterocycles. The molecule has 1 aliphatic rings. The van der Waals surface area contributed by atoms with E-state index < -0.39 is 0 Å². The summed E-state index contributed by atoms with van der Waals surface area (Å²) in [6.07, 6.45) is 2.61. The predicted octanol–water partition coefficient (Wildman–Crippen LogP) is 2.55. The molecule has 0 bridgehead atoms. The predicted molar refractivity (Wildman–Crippen MR) is 73.3 cm³/mol. The lowest BCUT2D eigenvalue weighted by Crippen LogP contribution is -2.29. The highest BCUT2D eigenvalue weighted by atomic mass is 79.9. The molecule has 1 atom stereocenters. The summed E-state index contributed by atoms with van der Waals surface area (Å²) < 4.78 is 6.18. The van der Waals surface area contributed by atoms with Gasteiger partial charge >= 0.3 is 0 Å². The van der Waals surface area contributed by atoms with Crippen LogP contribution in [0, 0.1) is 0 Å². The molecule has 2 rings (SSSR count). The minimum atomic E-state index is 0.0790. The van der Waals surface area contributed by atoms with Gasteiger partial charge in [0.1, 0.15) is 5.75 Å². The van der Waals surface area contributed by atoms with Crippen molar-refractivity contribution in [3.63, 3.8) is 0 Å². The first-order chi connectivity index (χ1) is 8.20. The van der Waals surface area contributed by atoms with Crippen LogP contribution in [0.5, 0.6) is 5.75 Å². The van der Waals surface area contributed by atoms with Gasteiger partial charge in [-0.15, -0.1) is 0 Å². The molecule has 3 nitrogen and oxygen atoms in total. The zero-order valence-corrected chi connectivity index (χ0v) is 11.7. The Labute approximate surface area is 111 Å². The number of rotatable bonds is 4. The summed E-state index contributed by atoms with van der Waals surface area (Å²) in [6, 6.07) is 6.14. The molecule has 0 radical (unpaired) electrons. The molecule has 0 spiro atoms. The second-order valence-corrected chi connectivity index (χ2v) is 5.36. The molecular formula is C13H19BrN2O. The van der Waals surface area contributed by atoms with E-state index in [1.54, 1.807) is 7.11 Å². The number of methoxy groups -OCH3 is 1. The molecular weight excluding hydrogens is 280 g/mol. The lowest BCUT2D eigenvalue weighted by Gasteiger charge is -2.20. The van der Waals surface area contributed by atoms with E-state index in [1.165, 1.54) is 25.9 Å². The standard InChI is InChI=1S/C13H19BrN2O/c1-17-13-5-4-10(8-11(13)14)12(15)9-16-6-2-3-7-16/h4-5,8,12H,2-3,6-7,9,15H2,1H3. The molecule has 2 N–H and O–H groups in total. The topological polar surface area (TPSA) is 38.5 Å². The third kappa shape index (κ3) is 3.21. The Balaban J connectivity index is 2.02. The minimum absolute atomic E-state index is 0.0790. The largest absolute Gasteiger partial charge is 0.496 e. The third-order valence-electron chi connectivity index (χ3n) is 3.26. The molecule has 1 aromatic rings. The van der Waals surface area contributed by atoms with Crippen LogP contribution >= 0.6 is 15.9 Å².